The molecule has 0 spiro atoms. The molecule has 0 amide bonds. The van der Waals surface area contributed by atoms with Gasteiger partial charge < -0.3 is 24.5 Å². The Bertz CT molecular complexity index is 669. The number of nitrogens with one attached hydrogen (secondary N) is 2. The van der Waals surface area contributed by atoms with Gasteiger partial charge in [-0.2, -0.15) is 0 Å². The lowest BCUT2D eigenvalue weighted by molar-refractivity contribution is 0.172. The predicted octanol–water partition coefficient (Wildman–Crippen LogP) is 2.91. The lowest BCUT2D eigenvalue weighted by Crippen LogP contribution is -2.37. The quantitative estimate of drug-likeness (QED) is 0.388. The van der Waals surface area contributed by atoms with Gasteiger partial charge in [-0.25, -0.2) is 0 Å². The molecule has 0 radical (unpaired) electrons. The average molecular weight is 359 g/mol. The van der Waals surface area contributed by atoms with Crippen molar-refractivity contribution in [3.63, 3.8) is 0 Å². The summed E-state index contributed by atoms with van der Waals surface area (Å²) in [6.07, 6.45) is 3.37. The van der Waals surface area contributed by atoms with Gasteiger partial charge in [0, 0.05) is 52.3 Å². The summed E-state index contributed by atoms with van der Waals surface area (Å²) in [6.45, 7) is 4.79. The standard InChI is InChI=1S/C20H29N3O3/c1-16-7-8-17(19(14-16)26-13-5-11-24-3)15-23-20(21-2)22-10-9-18-6-4-12-25-18/h4,6-8,12,14H,5,9-11,13,15H2,1-3H3,(H2,21,22,23). The zero-order valence-corrected chi connectivity index (χ0v) is 15.9. The summed E-state index contributed by atoms with van der Waals surface area (Å²) in [4.78, 5) is 4.26. The van der Waals surface area contributed by atoms with E-state index < -0.39 is 0 Å². The van der Waals surface area contributed by atoms with Gasteiger partial charge in [0.15, 0.2) is 5.96 Å². The van der Waals surface area contributed by atoms with Crippen LogP contribution >= 0.6 is 0 Å². The van der Waals surface area contributed by atoms with Gasteiger partial charge in [0.1, 0.15) is 11.5 Å². The lowest BCUT2D eigenvalue weighted by atomic mass is 10.1. The van der Waals surface area contributed by atoms with E-state index in [-0.39, 0.29) is 0 Å². The summed E-state index contributed by atoms with van der Waals surface area (Å²) in [5, 5.41) is 6.62. The number of benzene rings is 1. The Labute approximate surface area is 155 Å². The number of ether oxygens (including phenoxy) is 2. The molecule has 0 aliphatic rings. The number of hydrogen-bond donors (Lipinski definition) is 2. The highest BCUT2D eigenvalue weighted by Gasteiger charge is 2.06. The largest absolute Gasteiger partial charge is 0.493 e. The molecule has 1 heterocycles. The van der Waals surface area contributed by atoms with E-state index in [0.29, 0.717) is 19.8 Å². The average Bonchev–Trinajstić information content (AvgIpc) is 3.16. The minimum atomic E-state index is 0.639. The SMILES string of the molecule is CN=C(NCCc1ccco1)NCc1ccc(C)cc1OCCCOC. The maximum Gasteiger partial charge on any atom is 0.191 e. The summed E-state index contributed by atoms with van der Waals surface area (Å²) >= 11 is 0. The van der Waals surface area contributed by atoms with Crippen LogP contribution in [-0.4, -0.2) is 39.9 Å². The topological polar surface area (TPSA) is 68.0 Å². The van der Waals surface area contributed by atoms with E-state index in [1.807, 2.05) is 12.1 Å². The number of furan rings is 1. The molecule has 6 nitrogen and oxygen atoms in total. The van der Waals surface area contributed by atoms with Crippen LogP contribution < -0.4 is 15.4 Å². The first-order valence-electron chi connectivity index (χ1n) is 8.91. The second kappa shape index (κ2) is 11.2. The molecule has 0 bridgehead atoms. The molecule has 0 atom stereocenters. The molecule has 0 aliphatic heterocycles. The lowest BCUT2D eigenvalue weighted by Gasteiger charge is -2.15. The summed E-state index contributed by atoms with van der Waals surface area (Å²) in [7, 11) is 3.46. The fourth-order valence-electron chi connectivity index (χ4n) is 2.49. The summed E-state index contributed by atoms with van der Waals surface area (Å²) in [6, 6.07) is 10.1. The van der Waals surface area contributed by atoms with Gasteiger partial charge in [-0.15, -0.1) is 0 Å². The zero-order chi connectivity index (χ0) is 18.6. The number of aliphatic imine (C=N–C) groups is 1. The zero-order valence-electron chi connectivity index (χ0n) is 15.9. The van der Waals surface area contributed by atoms with Gasteiger partial charge in [0.05, 0.1) is 12.9 Å². The van der Waals surface area contributed by atoms with Gasteiger partial charge in [0.25, 0.3) is 0 Å². The number of hydrogen-bond acceptors (Lipinski definition) is 4. The van der Waals surface area contributed by atoms with Crippen molar-refractivity contribution in [2.45, 2.75) is 26.3 Å². The van der Waals surface area contributed by atoms with E-state index in [4.69, 9.17) is 13.9 Å². The van der Waals surface area contributed by atoms with Crippen molar-refractivity contribution in [1.82, 2.24) is 10.6 Å². The third kappa shape index (κ3) is 6.80. The van der Waals surface area contributed by atoms with E-state index in [1.54, 1.807) is 20.4 Å². The summed E-state index contributed by atoms with van der Waals surface area (Å²) < 4.78 is 16.3. The maximum atomic E-state index is 5.92. The number of nitrogens with zero attached hydrogens (tertiary/aromatic N) is 1. The molecule has 26 heavy (non-hydrogen) atoms. The predicted molar refractivity (Wildman–Crippen MR) is 104 cm³/mol. The van der Waals surface area contributed by atoms with Crippen LogP contribution in [0, 0.1) is 6.92 Å². The maximum absolute atomic E-state index is 5.92. The number of aryl methyl sites for hydroxylation is 1. The first kappa shape index (κ1) is 19.8. The molecular weight excluding hydrogens is 330 g/mol. The van der Waals surface area contributed by atoms with Crippen molar-refractivity contribution in [1.29, 1.82) is 0 Å². The van der Waals surface area contributed by atoms with E-state index in [9.17, 15) is 0 Å². The van der Waals surface area contributed by atoms with Crippen LogP contribution in [0.4, 0.5) is 0 Å². The molecule has 0 saturated heterocycles. The van der Waals surface area contributed by atoms with Crippen molar-refractivity contribution in [2.75, 3.05) is 33.9 Å². The molecular formula is C20H29N3O3. The monoisotopic (exact) mass is 359 g/mol. The third-order valence-electron chi connectivity index (χ3n) is 3.89. The molecule has 1 aromatic heterocycles. The Morgan fingerprint density at radius 2 is 2.08 bits per heavy atom. The molecule has 0 fully saturated rings. The molecule has 6 heteroatoms. The second-order valence-corrected chi connectivity index (χ2v) is 5.99. The number of guanidine groups is 1. The second-order valence-electron chi connectivity index (χ2n) is 5.99. The molecule has 0 saturated carbocycles. The van der Waals surface area contributed by atoms with Crippen molar-refractivity contribution in [3.05, 3.63) is 53.5 Å². The normalized spacial score (nSPS) is 11.4. The smallest absolute Gasteiger partial charge is 0.191 e. The van der Waals surface area contributed by atoms with Crippen LogP contribution in [0.5, 0.6) is 5.75 Å². The molecule has 2 N–H and O–H groups in total. The molecule has 2 rings (SSSR count). The summed E-state index contributed by atoms with van der Waals surface area (Å²) in [5.74, 6) is 2.61. The highest BCUT2D eigenvalue weighted by atomic mass is 16.5. The van der Waals surface area contributed by atoms with Crippen molar-refractivity contribution >= 4 is 5.96 Å². The fraction of sp³-hybridized carbons (Fsp3) is 0.450. The molecule has 2 aromatic rings. The first-order chi connectivity index (χ1) is 12.7. The van der Waals surface area contributed by atoms with Crippen LogP contribution in [0.3, 0.4) is 0 Å². The molecule has 0 aliphatic carbocycles. The first-order valence-corrected chi connectivity index (χ1v) is 8.91. The highest BCUT2D eigenvalue weighted by molar-refractivity contribution is 5.79. The number of methoxy groups -OCH3 is 1. The summed E-state index contributed by atoms with van der Waals surface area (Å²) in [5.41, 5.74) is 2.28. The highest BCUT2D eigenvalue weighted by Crippen LogP contribution is 2.20. The van der Waals surface area contributed by atoms with Crippen LogP contribution in [-0.2, 0) is 17.7 Å². The van der Waals surface area contributed by atoms with Gasteiger partial charge in [0.2, 0.25) is 0 Å². The minimum Gasteiger partial charge on any atom is -0.493 e. The Morgan fingerprint density at radius 3 is 2.81 bits per heavy atom. The Balaban J connectivity index is 1.83. The van der Waals surface area contributed by atoms with Crippen molar-refractivity contribution < 1.29 is 13.9 Å². The van der Waals surface area contributed by atoms with Crippen LogP contribution in [0.15, 0.2) is 46.0 Å². The van der Waals surface area contributed by atoms with Crippen LogP contribution in [0.2, 0.25) is 0 Å². The van der Waals surface area contributed by atoms with Crippen LogP contribution in [0.1, 0.15) is 23.3 Å². The molecule has 0 unspecified atom stereocenters. The van der Waals surface area contributed by atoms with Crippen LogP contribution in [0.25, 0.3) is 0 Å². The van der Waals surface area contributed by atoms with E-state index in [2.05, 4.69) is 40.7 Å². The van der Waals surface area contributed by atoms with Gasteiger partial charge >= 0.3 is 0 Å². The van der Waals surface area contributed by atoms with Crippen molar-refractivity contribution in [2.24, 2.45) is 4.99 Å². The third-order valence-corrected chi connectivity index (χ3v) is 3.89. The van der Waals surface area contributed by atoms with Gasteiger partial charge in [-0.1, -0.05) is 12.1 Å². The van der Waals surface area contributed by atoms with E-state index >= 15 is 0 Å². The Morgan fingerprint density at radius 1 is 1.19 bits per heavy atom. The fourth-order valence-corrected chi connectivity index (χ4v) is 2.49. The number of rotatable bonds is 10. The Kier molecular flexibility index (Phi) is 8.55. The molecule has 142 valence electrons. The van der Waals surface area contributed by atoms with E-state index in [1.165, 1.54) is 5.56 Å². The van der Waals surface area contributed by atoms with Crippen molar-refractivity contribution in [3.8, 4) is 5.75 Å². The Hall–Kier alpha value is -2.47. The molecule has 1 aromatic carbocycles. The van der Waals surface area contributed by atoms with Gasteiger partial charge in [-0.3, -0.25) is 4.99 Å². The van der Waals surface area contributed by atoms with E-state index in [0.717, 1.165) is 42.4 Å². The minimum absolute atomic E-state index is 0.639. The van der Waals surface area contributed by atoms with Gasteiger partial charge in [-0.05, 0) is 30.7 Å².